The van der Waals surface area contributed by atoms with Crippen molar-refractivity contribution in [2.75, 3.05) is 0 Å². The number of rotatable bonds is 4. The minimum atomic E-state index is -0.943. The maximum atomic E-state index is 11.7. The number of hydrazine groups is 1. The molecule has 112 valence electrons. The first-order chi connectivity index (χ1) is 9.99. The monoisotopic (exact) mass is 290 g/mol. The molecular weight excluding hydrogens is 272 g/mol. The molecule has 1 fully saturated rings. The number of amides is 2. The number of ether oxygens (including phenoxy) is 1. The van der Waals surface area contributed by atoms with Crippen molar-refractivity contribution < 1.29 is 19.1 Å². The summed E-state index contributed by atoms with van der Waals surface area (Å²) in [6.45, 7) is 3.42. The third kappa shape index (κ3) is 4.05. The summed E-state index contributed by atoms with van der Waals surface area (Å²) in [6, 6.07) is 8.48. The lowest BCUT2D eigenvalue weighted by Gasteiger charge is -2.14. The van der Waals surface area contributed by atoms with Crippen LogP contribution in [0.1, 0.15) is 30.6 Å². The van der Waals surface area contributed by atoms with E-state index in [0.717, 1.165) is 6.42 Å². The molecule has 0 aromatic heterocycles. The summed E-state index contributed by atoms with van der Waals surface area (Å²) in [4.78, 5) is 35.1. The molecule has 0 bridgehead atoms. The third-order valence-corrected chi connectivity index (χ3v) is 3.41. The normalized spacial score (nSPS) is 21.0. The quantitative estimate of drug-likeness (QED) is 0.641. The summed E-state index contributed by atoms with van der Waals surface area (Å²) in [7, 11) is 0. The van der Waals surface area contributed by atoms with Crippen LogP contribution in [0.4, 0.5) is 0 Å². The second-order valence-electron chi connectivity index (χ2n) is 5.21. The molecule has 1 saturated carbocycles. The molecule has 0 heterocycles. The van der Waals surface area contributed by atoms with E-state index in [4.69, 9.17) is 4.74 Å². The summed E-state index contributed by atoms with van der Waals surface area (Å²) in [6.07, 6.45) is -0.140. The average molecular weight is 290 g/mol. The van der Waals surface area contributed by atoms with E-state index in [1.807, 2.05) is 6.92 Å². The predicted molar refractivity (Wildman–Crippen MR) is 74.9 cm³/mol. The van der Waals surface area contributed by atoms with Crippen molar-refractivity contribution in [2.45, 2.75) is 26.4 Å². The number of esters is 1. The van der Waals surface area contributed by atoms with Gasteiger partial charge in [-0.1, -0.05) is 25.1 Å². The van der Waals surface area contributed by atoms with Crippen LogP contribution in [0.25, 0.3) is 0 Å². The van der Waals surface area contributed by atoms with Gasteiger partial charge in [0.25, 0.3) is 11.8 Å². The maximum absolute atomic E-state index is 11.7. The van der Waals surface area contributed by atoms with Gasteiger partial charge in [0.2, 0.25) is 0 Å². The van der Waals surface area contributed by atoms with Crippen LogP contribution < -0.4 is 10.9 Å². The Morgan fingerprint density at radius 3 is 2.38 bits per heavy atom. The van der Waals surface area contributed by atoms with Crippen LogP contribution in [0.2, 0.25) is 0 Å². The van der Waals surface area contributed by atoms with Gasteiger partial charge in [0.05, 0.1) is 5.92 Å². The van der Waals surface area contributed by atoms with E-state index in [0.29, 0.717) is 11.5 Å². The number of hydrogen-bond donors (Lipinski definition) is 2. The van der Waals surface area contributed by atoms with Crippen LogP contribution in [0, 0.1) is 11.8 Å². The maximum Gasteiger partial charge on any atom is 0.309 e. The smallest absolute Gasteiger partial charge is 0.309 e. The molecule has 1 aromatic rings. The van der Waals surface area contributed by atoms with Crippen molar-refractivity contribution in [3.8, 4) is 0 Å². The van der Waals surface area contributed by atoms with Crippen molar-refractivity contribution >= 4 is 17.8 Å². The second-order valence-corrected chi connectivity index (χ2v) is 5.21. The van der Waals surface area contributed by atoms with Crippen molar-refractivity contribution in [3.05, 3.63) is 35.9 Å². The summed E-state index contributed by atoms with van der Waals surface area (Å²) in [5.41, 5.74) is 4.94. The van der Waals surface area contributed by atoms with Gasteiger partial charge in [-0.2, -0.15) is 0 Å². The van der Waals surface area contributed by atoms with E-state index >= 15 is 0 Å². The highest BCUT2D eigenvalue weighted by Crippen LogP contribution is 2.38. The van der Waals surface area contributed by atoms with E-state index in [-0.39, 0.29) is 11.9 Å². The van der Waals surface area contributed by atoms with Gasteiger partial charge in [0.15, 0.2) is 6.10 Å². The van der Waals surface area contributed by atoms with E-state index in [2.05, 4.69) is 10.9 Å². The van der Waals surface area contributed by atoms with Crippen molar-refractivity contribution in [2.24, 2.45) is 11.8 Å². The first-order valence-electron chi connectivity index (χ1n) is 6.84. The molecular formula is C15H18N2O4. The Kier molecular flexibility index (Phi) is 4.57. The fourth-order valence-electron chi connectivity index (χ4n) is 1.85. The van der Waals surface area contributed by atoms with Crippen molar-refractivity contribution in [1.29, 1.82) is 0 Å². The zero-order chi connectivity index (χ0) is 15.4. The van der Waals surface area contributed by atoms with Crippen LogP contribution in [-0.4, -0.2) is 23.9 Å². The summed E-state index contributed by atoms with van der Waals surface area (Å²) in [5.74, 6) is -1.14. The number of carbonyl (C=O) groups excluding carboxylic acids is 3. The average Bonchev–Trinajstić information content (AvgIpc) is 3.22. The van der Waals surface area contributed by atoms with Gasteiger partial charge < -0.3 is 4.74 Å². The lowest BCUT2D eigenvalue weighted by Crippen LogP contribution is -2.46. The summed E-state index contributed by atoms with van der Waals surface area (Å²) < 4.78 is 5.04. The molecule has 1 aliphatic rings. The van der Waals surface area contributed by atoms with Gasteiger partial charge in [-0.25, -0.2) is 0 Å². The molecule has 2 amide bonds. The van der Waals surface area contributed by atoms with Crippen LogP contribution in [0.3, 0.4) is 0 Å². The fraction of sp³-hybridized carbons (Fsp3) is 0.400. The van der Waals surface area contributed by atoms with Crippen LogP contribution >= 0.6 is 0 Å². The molecule has 6 heteroatoms. The van der Waals surface area contributed by atoms with Crippen molar-refractivity contribution in [3.63, 3.8) is 0 Å². The van der Waals surface area contributed by atoms with Crippen LogP contribution in [0.15, 0.2) is 30.3 Å². The molecule has 0 unspecified atom stereocenters. The summed E-state index contributed by atoms with van der Waals surface area (Å²) >= 11 is 0. The Hall–Kier alpha value is -2.37. The van der Waals surface area contributed by atoms with Crippen molar-refractivity contribution in [1.82, 2.24) is 10.9 Å². The zero-order valence-electron chi connectivity index (χ0n) is 12.0. The second kappa shape index (κ2) is 6.39. The molecule has 0 aliphatic heterocycles. The highest BCUT2D eigenvalue weighted by Gasteiger charge is 2.41. The van der Waals surface area contributed by atoms with Crippen LogP contribution in [-0.2, 0) is 14.3 Å². The molecule has 2 N–H and O–H groups in total. The minimum Gasteiger partial charge on any atom is -0.452 e. The molecule has 21 heavy (non-hydrogen) atoms. The largest absolute Gasteiger partial charge is 0.452 e. The summed E-state index contributed by atoms with van der Waals surface area (Å²) in [5, 5.41) is 0. The number of benzene rings is 1. The Morgan fingerprint density at radius 2 is 1.81 bits per heavy atom. The molecule has 1 aromatic carbocycles. The minimum absolute atomic E-state index is 0.0980. The Labute approximate surface area is 122 Å². The van der Waals surface area contributed by atoms with E-state index < -0.39 is 17.9 Å². The lowest BCUT2D eigenvalue weighted by molar-refractivity contribution is -0.156. The Bertz CT molecular complexity index is 544. The fourth-order valence-corrected chi connectivity index (χ4v) is 1.85. The van der Waals surface area contributed by atoms with Crippen LogP contribution in [0.5, 0.6) is 0 Å². The molecule has 0 radical (unpaired) electrons. The highest BCUT2D eigenvalue weighted by atomic mass is 16.5. The molecule has 3 atom stereocenters. The standard InChI is InChI=1S/C15H18N2O4/c1-9-8-12(9)15(20)21-10(2)13(18)16-17-14(19)11-6-4-3-5-7-11/h3-7,9-10,12H,8H2,1-2H3,(H,16,18)(H,17,19)/t9-,10+,12+/m1/s1. The lowest BCUT2D eigenvalue weighted by atomic mass is 10.2. The van der Waals surface area contributed by atoms with E-state index in [1.165, 1.54) is 6.92 Å². The van der Waals surface area contributed by atoms with Gasteiger partial charge in [0, 0.05) is 5.56 Å². The number of nitrogens with one attached hydrogen (secondary N) is 2. The van der Waals surface area contributed by atoms with Gasteiger partial charge in [0.1, 0.15) is 0 Å². The predicted octanol–water partition coefficient (Wildman–Crippen LogP) is 1.04. The molecule has 0 saturated heterocycles. The third-order valence-electron chi connectivity index (χ3n) is 3.41. The molecule has 0 spiro atoms. The van der Waals surface area contributed by atoms with E-state index in [9.17, 15) is 14.4 Å². The molecule has 1 aliphatic carbocycles. The van der Waals surface area contributed by atoms with Gasteiger partial charge >= 0.3 is 5.97 Å². The SMILES string of the molecule is C[C@H](OC(=O)[C@H]1C[C@H]1C)C(=O)NNC(=O)c1ccccc1. The topological polar surface area (TPSA) is 84.5 Å². The first-order valence-corrected chi connectivity index (χ1v) is 6.84. The van der Waals surface area contributed by atoms with E-state index in [1.54, 1.807) is 30.3 Å². The Balaban J connectivity index is 1.76. The molecule has 2 rings (SSSR count). The molecule has 6 nitrogen and oxygen atoms in total. The zero-order valence-corrected chi connectivity index (χ0v) is 12.0. The van der Waals surface area contributed by atoms with Gasteiger partial charge in [-0.05, 0) is 31.4 Å². The van der Waals surface area contributed by atoms with Gasteiger partial charge in [-0.3, -0.25) is 25.2 Å². The van der Waals surface area contributed by atoms with Gasteiger partial charge in [-0.15, -0.1) is 0 Å². The number of hydrogen-bond acceptors (Lipinski definition) is 4. The Morgan fingerprint density at radius 1 is 1.19 bits per heavy atom. The highest BCUT2D eigenvalue weighted by molar-refractivity contribution is 5.95. The first kappa shape index (κ1) is 15.0. The number of carbonyl (C=O) groups is 3.